The van der Waals surface area contributed by atoms with Gasteiger partial charge in [-0.15, -0.1) is 0 Å². The number of nitrogens with one attached hydrogen (secondary N) is 1. The predicted molar refractivity (Wildman–Crippen MR) is 132 cm³/mol. The second-order valence-electron chi connectivity index (χ2n) is 7.42. The third kappa shape index (κ3) is 6.11. The van der Waals surface area contributed by atoms with E-state index < -0.39 is 10.8 Å². The van der Waals surface area contributed by atoms with E-state index in [-0.39, 0.29) is 29.5 Å². The van der Waals surface area contributed by atoms with E-state index >= 15 is 0 Å². The number of carbonyl (C=O) groups is 1. The number of anilines is 1. The molecule has 0 bridgehead atoms. The average molecular weight is 513 g/mol. The molecule has 0 unspecified atom stereocenters. The minimum Gasteiger partial charge on any atom is -0.484 e. The van der Waals surface area contributed by atoms with Crippen molar-refractivity contribution in [3.63, 3.8) is 0 Å². The van der Waals surface area contributed by atoms with E-state index in [0.717, 1.165) is 5.56 Å². The fraction of sp³-hybridized carbons (Fsp3) is 0.0800. The second-order valence-corrected chi connectivity index (χ2v) is 8.27. The molecule has 3 aromatic carbocycles. The van der Waals surface area contributed by atoms with Crippen molar-refractivity contribution in [1.29, 1.82) is 0 Å². The first-order chi connectivity index (χ1) is 16.8. The van der Waals surface area contributed by atoms with Gasteiger partial charge in [-0.3, -0.25) is 14.9 Å². The van der Waals surface area contributed by atoms with Crippen molar-refractivity contribution in [2.45, 2.75) is 13.5 Å². The number of amides is 1. The van der Waals surface area contributed by atoms with Crippen LogP contribution in [0.1, 0.15) is 21.9 Å². The van der Waals surface area contributed by atoms with Crippen molar-refractivity contribution in [2.24, 2.45) is 0 Å². The number of nitro benzene ring substituents is 1. The first kappa shape index (κ1) is 24.1. The molecule has 1 N–H and O–H groups in total. The number of hydrogen-bond donors (Lipinski definition) is 1. The van der Waals surface area contributed by atoms with Gasteiger partial charge in [0.25, 0.3) is 11.6 Å². The Hall–Kier alpha value is -4.01. The summed E-state index contributed by atoms with van der Waals surface area (Å²) < 4.78 is 17.0. The van der Waals surface area contributed by atoms with Gasteiger partial charge in [0.2, 0.25) is 0 Å². The Kier molecular flexibility index (Phi) is 7.24. The molecule has 0 aliphatic heterocycles. The van der Waals surface area contributed by atoms with Crippen LogP contribution in [0.2, 0.25) is 10.0 Å². The van der Waals surface area contributed by atoms with Gasteiger partial charge in [0.1, 0.15) is 29.6 Å². The minimum absolute atomic E-state index is 0.00570. The molecular formula is C25H18Cl2N2O6. The molecule has 0 saturated carbocycles. The van der Waals surface area contributed by atoms with Crippen LogP contribution in [0.5, 0.6) is 17.2 Å². The van der Waals surface area contributed by atoms with E-state index in [4.69, 9.17) is 37.1 Å². The molecule has 0 saturated heterocycles. The third-order valence-corrected chi connectivity index (χ3v) is 5.37. The van der Waals surface area contributed by atoms with Gasteiger partial charge in [-0.05, 0) is 55.0 Å². The molecule has 0 spiro atoms. The quantitative estimate of drug-likeness (QED) is 0.194. The highest BCUT2D eigenvalue weighted by atomic mass is 35.5. The molecule has 0 radical (unpaired) electrons. The summed E-state index contributed by atoms with van der Waals surface area (Å²) in [6, 6.07) is 18.9. The number of nitrogens with zero attached hydrogens (tertiary/aromatic N) is 1. The van der Waals surface area contributed by atoms with Gasteiger partial charge in [-0.2, -0.15) is 0 Å². The molecule has 4 aromatic rings. The van der Waals surface area contributed by atoms with Gasteiger partial charge in [-0.1, -0.05) is 35.3 Å². The van der Waals surface area contributed by atoms with Gasteiger partial charge in [-0.25, -0.2) is 0 Å². The zero-order valence-corrected chi connectivity index (χ0v) is 19.8. The third-order valence-electron chi connectivity index (χ3n) is 4.82. The molecule has 0 fully saturated rings. The zero-order chi connectivity index (χ0) is 24.9. The molecule has 0 aliphatic carbocycles. The summed E-state index contributed by atoms with van der Waals surface area (Å²) in [6.45, 7) is 1.93. The number of nitro groups is 1. The zero-order valence-electron chi connectivity index (χ0n) is 18.3. The lowest BCUT2D eigenvalue weighted by Gasteiger charge is -2.10. The van der Waals surface area contributed by atoms with Crippen LogP contribution in [0.15, 0.2) is 77.2 Å². The Morgan fingerprint density at radius 2 is 1.80 bits per heavy atom. The maximum Gasteiger partial charge on any atom is 0.291 e. The van der Waals surface area contributed by atoms with Crippen molar-refractivity contribution in [3.05, 3.63) is 110 Å². The lowest BCUT2D eigenvalue weighted by Crippen LogP contribution is -2.11. The summed E-state index contributed by atoms with van der Waals surface area (Å²) in [6.07, 6.45) is 0. The Balaban J connectivity index is 1.47. The molecule has 8 nitrogen and oxygen atoms in total. The Morgan fingerprint density at radius 1 is 1.03 bits per heavy atom. The van der Waals surface area contributed by atoms with Gasteiger partial charge >= 0.3 is 0 Å². The van der Waals surface area contributed by atoms with E-state index in [2.05, 4.69) is 5.32 Å². The topological polar surface area (TPSA) is 104 Å². The summed E-state index contributed by atoms with van der Waals surface area (Å²) in [4.78, 5) is 23.5. The summed E-state index contributed by atoms with van der Waals surface area (Å²) in [5.74, 6) is 0.938. The molecule has 10 heteroatoms. The van der Waals surface area contributed by atoms with Crippen LogP contribution in [0.4, 0.5) is 11.4 Å². The fourth-order valence-electron chi connectivity index (χ4n) is 3.17. The first-order valence-corrected chi connectivity index (χ1v) is 11.0. The van der Waals surface area contributed by atoms with E-state index in [1.54, 1.807) is 36.4 Å². The summed E-state index contributed by atoms with van der Waals surface area (Å²) in [5.41, 5.74) is 0.772. The van der Waals surface area contributed by atoms with Crippen LogP contribution in [-0.4, -0.2) is 10.8 Å². The van der Waals surface area contributed by atoms with E-state index in [0.29, 0.717) is 27.3 Å². The minimum atomic E-state index is -0.594. The number of para-hydroxylation sites is 1. The standard InChI is InChI=1S/C25H18Cl2N2O6/c1-15-3-2-4-22(27)24(15)33-14-20-9-10-23(35-20)25(30)28-17-11-18(29(31)32)13-21(12-17)34-19-7-5-16(26)6-8-19/h2-13H,14H2,1H3,(H,28,30). The number of benzene rings is 3. The van der Waals surface area contributed by atoms with E-state index in [1.807, 2.05) is 19.1 Å². The Labute approximate surface area is 210 Å². The molecule has 35 heavy (non-hydrogen) atoms. The maximum atomic E-state index is 12.7. The maximum absolute atomic E-state index is 12.7. The van der Waals surface area contributed by atoms with Gasteiger partial charge in [0, 0.05) is 17.2 Å². The largest absolute Gasteiger partial charge is 0.484 e. The van der Waals surface area contributed by atoms with E-state index in [9.17, 15) is 14.9 Å². The Morgan fingerprint density at radius 3 is 2.51 bits per heavy atom. The molecule has 4 rings (SSSR count). The fourth-order valence-corrected chi connectivity index (χ4v) is 3.57. The number of ether oxygens (including phenoxy) is 2. The number of aryl methyl sites for hydroxylation is 1. The van der Waals surface area contributed by atoms with Crippen molar-refractivity contribution >= 4 is 40.5 Å². The van der Waals surface area contributed by atoms with Crippen LogP contribution >= 0.6 is 23.2 Å². The van der Waals surface area contributed by atoms with E-state index in [1.165, 1.54) is 24.3 Å². The molecule has 1 amide bonds. The molecule has 1 heterocycles. The lowest BCUT2D eigenvalue weighted by atomic mass is 10.2. The molecule has 0 aliphatic rings. The van der Waals surface area contributed by atoms with Gasteiger partial charge in [0.15, 0.2) is 5.76 Å². The number of non-ortho nitro benzene ring substituents is 1. The number of halogens is 2. The van der Waals surface area contributed by atoms with Crippen molar-refractivity contribution in [2.75, 3.05) is 5.32 Å². The molecule has 1 aromatic heterocycles. The summed E-state index contributed by atoms with van der Waals surface area (Å²) in [5, 5.41) is 15.0. The second kappa shape index (κ2) is 10.5. The van der Waals surface area contributed by atoms with Gasteiger partial charge in [0.05, 0.1) is 21.7 Å². The van der Waals surface area contributed by atoms with Crippen molar-refractivity contribution in [3.8, 4) is 17.2 Å². The summed E-state index contributed by atoms with van der Waals surface area (Å²) >= 11 is 12.0. The van der Waals surface area contributed by atoms with Crippen molar-refractivity contribution < 1.29 is 23.6 Å². The monoisotopic (exact) mass is 512 g/mol. The highest BCUT2D eigenvalue weighted by molar-refractivity contribution is 6.32. The smallest absolute Gasteiger partial charge is 0.291 e. The average Bonchev–Trinajstić information content (AvgIpc) is 3.29. The first-order valence-electron chi connectivity index (χ1n) is 10.3. The van der Waals surface area contributed by atoms with Crippen LogP contribution in [0.25, 0.3) is 0 Å². The summed E-state index contributed by atoms with van der Waals surface area (Å²) in [7, 11) is 0. The van der Waals surface area contributed by atoms with Crippen LogP contribution < -0.4 is 14.8 Å². The lowest BCUT2D eigenvalue weighted by molar-refractivity contribution is -0.384. The SMILES string of the molecule is Cc1cccc(Cl)c1OCc1ccc(C(=O)Nc2cc(Oc3ccc(Cl)cc3)cc([N+](=O)[O-])c2)o1. The predicted octanol–water partition coefficient (Wildman–Crippen LogP) is 7.43. The van der Waals surface area contributed by atoms with Gasteiger partial charge < -0.3 is 19.2 Å². The molecule has 178 valence electrons. The Bertz CT molecular complexity index is 1360. The highest BCUT2D eigenvalue weighted by Gasteiger charge is 2.17. The molecular weight excluding hydrogens is 495 g/mol. The van der Waals surface area contributed by atoms with Crippen LogP contribution in [0.3, 0.4) is 0 Å². The normalized spacial score (nSPS) is 10.6. The number of furan rings is 1. The number of rotatable bonds is 8. The number of hydrogen-bond acceptors (Lipinski definition) is 6. The van der Waals surface area contributed by atoms with Crippen LogP contribution in [-0.2, 0) is 6.61 Å². The highest BCUT2D eigenvalue weighted by Crippen LogP contribution is 2.31. The van der Waals surface area contributed by atoms with Crippen LogP contribution in [0, 0.1) is 17.0 Å². The van der Waals surface area contributed by atoms with Crippen molar-refractivity contribution in [1.82, 2.24) is 0 Å². The number of carbonyl (C=O) groups excluding carboxylic acids is 1. The molecule has 0 atom stereocenters.